The summed E-state index contributed by atoms with van der Waals surface area (Å²) in [6.45, 7) is 2.00. The number of nitrogens with zero attached hydrogens (tertiary/aromatic N) is 1. The zero-order chi connectivity index (χ0) is 22.3. The van der Waals surface area contributed by atoms with Crippen LogP contribution in [0.15, 0.2) is 71.4 Å². The molecule has 2 aromatic carbocycles. The fourth-order valence-electron chi connectivity index (χ4n) is 4.45. The lowest BCUT2D eigenvalue weighted by Crippen LogP contribution is -2.47. The van der Waals surface area contributed by atoms with Crippen LogP contribution >= 0.6 is 11.3 Å². The van der Waals surface area contributed by atoms with Crippen molar-refractivity contribution in [2.75, 3.05) is 4.90 Å². The average Bonchev–Trinajstić information content (AvgIpc) is 3.31. The third-order valence-electron chi connectivity index (χ3n) is 6.06. The first-order chi connectivity index (χ1) is 15.6. The normalized spacial score (nSPS) is 15.2. The number of benzene rings is 2. The van der Waals surface area contributed by atoms with Gasteiger partial charge >= 0.3 is 0 Å². The Balaban J connectivity index is 1.72. The van der Waals surface area contributed by atoms with E-state index in [1.807, 2.05) is 78.3 Å². The van der Waals surface area contributed by atoms with Gasteiger partial charge in [-0.3, -0.25) is 14.5 Å². The average molecular weight is 447 g/mol. The van der Waals surface area contributed by atoms with Crippen LogP contribution in [0.3, 0.4) is 0 Å². The first-order valence-corrected chi connectivity index (χ1v) is 12.3. The predicted molar refractivity (Wildman–Crippen MR) is 131 cm³/mol. The van der Waals surface area contributed by atoms with Crippen LogP contribution in [0, 0.1) is 6.92 Å². The number of hydrogen-bond acceptors (Lipinski definition) is 3. The maximum atomic E-state index is 13.7. The van der Waals surface area contributed by atoms with Crippen LogP contribution in [0.5, 0.6) is 0 Å². The van der Waals surface area contributed by atoms with Crippen LogP contribution in [0.25, 0.3) is 0 Å². The molecule has 166 valence electrons. The van der Waals surface area contributed by atoms with Gasteiger partial charge in [-0.1, -0.05) is 61.7 Å². The molecule has 3 aromatic rings. The molecule has 1 N–H and O–H groups in total. The summed E-state index contributed by atoms with van der Waals surface area (Å²) >= 11 is 1.58. The van der Waals surface area contributed by atoms with Gasteiger partial charge in [-0.25, -0.2) is 0 Å². The summed E-state index contributed by atoms with van der Waals surface area (Å²) in [5, 5.41) is 7.23. The van der Waals surface area contributed by atoms with Gasteiger partial charge in [0, 0.05) is 11.7 Å². The topological polar surface area (TPSA) is 49.4 Å². The number of hydrogen-bond donors (Lipinski definition) is 1. The lowest BCUT2D eigenvalue weighted by atomic mass is 9.94. The number of carbonyl (C=O) groups excluding carboxylic acids is 2. The van der Waals surface area contributed by atoms with Crippen molar-refractivity contribution >= 4 is 28.8 Å². The molecule has 2 amide bonds. The van der Waals surface area contributed by atoms with Crippen molar-refractivity contribution in [2.24, 2.45) is 0 Å². The van der Waals surface area contributed by atoms with Crippen molar-refractivity contribution in [2.45, 2.75) is 57.5 Å². The van der Waals surface area contributed by atoms with E-state index in [9.17, 15) is 9.59 Å². The van der Waals surface area contributed by atoms with Gasteiger partial charge in [0.05, 0.1) is 6.42 Å². The summed E-state index contributed by atoms with van der Waals surface area (Å²) in [4.78, 5) is 29.1. The van der Waals surface area contributed by atoms with Crippen LogP contribution in [0.1, 0.15) is 54.8 Å². The predicted octanol–water partition coefficient (Wildman–Crippen LogP) is 5.82. The highest BCUT2D eigenvalue weighted by molar-refractivity contribution is 7.08. The zero-order valence-corrected chi connectivity index (χ0v) is 19.3. The molecule has 0 spiro atoms. The number of nitrogens with one attached hydrogen (secondary N) is 1. The number of aryl methyl sites for hydroxylation is 1. The molecule has 32 heavy (non-hydrogen) atoms. The standard InChI is InChI=1S/C27H30N2O2S/c1-20-9-8-14-24(17-20)29(25(30)18-21-15-16-32-19-21)26(22-10-4-2-5-11-22)27(31)28-23-12-6-3-7-13-23/h2,4-5,8-11,14-17,19,23,26H,3,6-7,12-13,18H2,1H3,(H,28,31). The lowest BCUT2D eigenvalue weighted by Gasteiger charge is -2.33. The third kappa shape index (κ3) is 5.46. The summed E-state index contributed by atoms with van der Waals surface area (Å²) in [7, 11) is 0. The molecule has 1 aromatic heterocycles. The molecule has 1 saturated carbocycles. The molecule has 0 bridgehead atoms. The highest BCUT2D eigenvalue weighted by atomic mass is 32.1. The van der Waals surface area contributed by atoms with Gasteiger partial charge in [-0.05, 0) is 65.4 Å². The van der Waals surface area contributed by atoms with Crippen molar-refractivity contribution in [1.29, 1.82) is 0 Å². The van der Waals surface area contributed by atoms with E-state index in [1.165, 1.54) is 6.42 Å². The molecular weight excluding hydrogens is 416 g/mol. The lowest BCUT2D eigenvalue weighted by molar-refractivity contribution is -0.127. The van der Waals surface area contributed by atoms with Crippen LogP contribution in [-0.2, 0) is 16.0 Å². The Morgan fingerprint density at radius 1 is 1.03 bits per heavy atom. The Hall–Kier alpha value is -2.92. The summed E-state index contributed by atoms with van der Waals surface area (Å²) in [5.74, 6) is -0.190. The molecule has 1 unspecified atom stereocenters. The molecule has 1 aliphatic carbocycles. The highest BCUT2D eigenvalue weighted by Crippen LogP contribution is 2.30. The minimum Gasteiger partial charge on any atom is -0.351 e. The third-order valence-corrected chi connectivity index (χ3v) is 6.79. The maximum Gasteiger partial charge on any atom is 0.248 e. The quantitative estimate of drug-likeness (QED) is 0.497. The Labute approximate surface area is 194 Å². The van der Waals surface area contributed by atoms with E-state index < -0.39 is 6.04 Å². The molecule has 5 heteroatoms. The van der Waals surface area contributed by atoms with Crippen molar-refractivity contribution in [3.63, 3.8) is 0 Å². The fraction of sp³-hybridized carbons (Fsp3) is 0.333. The molecule has 1 fully saturated rings. The van der Waals surface area contributed by atoms with Crippen molar-refractivity contribution in [1.82, 2.24) is 5.32 Å². The summed E-state index contributed by atoms with van der Waals surface area (Å²) in [6, 6.07) is 18.9. The van der Waals surface area contributed by atoms with Gasteiger partial charge in [0.2, 0.25) is 11.8 Å². The molecule has 4 nitrogen and oxygen atoms in total. The number of carbonyl (C=O) groups is 2. The molecule has 0 aliphatic heterocycles. The second kappa shape index (κ2) is 10.6. The van der Waals surface area contributed by atoms with Gasteiger partial charge in [-0.15, -0.1) is 0 Å². The van der Waals surface area contributed by atoms with E-state index in [-0.39, 0.29) is 24.3 Å². The fourth-order valence-corrected chi connectivity index (χ4v) is 5.12. The minimum atomic E-state index is -0.717. The van der Waals surface area contributed by atoms with Crippen LogP contribution in [0.2, 0.25) is 0 Å². The second-order valence-electron chi connectivity index (χ2n) is 8.57. The van der Waals surface area contributed by atoms with E-state index >= 15 is 0 Å². The maximum absolute atomic E-state index is 13.7. The van der Waals surface area contributed by atoms with Gasteiger partial charge < -0.3 is 5.32 Å². The Morgan fingerprint density at radius 3 is 2.50 bits per heavy atom. The molecule has 1 aliphatic rings. The first kappa shape index (κ1) is 22.3. The van der Waals surface area contributed by atoms with Gasteiger partial charge in [0.1, 0.15) is 6.04 Å². The van der Waals surface area contributed by atoms with E-state index in [0.717, 1.165) is 48.1 Å². The largest absolute Gasteiger partial charge is 0.351 e. The molecule has 1 heterocycles. The molecule has 1 atom stereocenters. The minimum absolute atomic E-state index is 0.0818. The van der Waals surface area contributed by atoms with E-state index in [4.69, 9.17) is 0 Å². The van der Waals surface area contributed by atoms with Crippen LogP contribution < -0.4 is 10.2 Å². The number of thiophene rings is 1. The molecular formula is C27H30N2O2S. The van der Waals surface area contributed by atoms with Crippen LogP contribution in [-0.4, -0.2) is 17.9 Å². The molecule has 0 radical (unpaired) electrons. The van der Waals surface area contributed by atoms with Crippen LogP contribution in [0.4, 0.5) is 5.69 Å². The monoisotopic (exact) mass is 446 g/mol. The highest BCUT2D eigenvalue weighted by Gasteiger charge is 2.34. The first-order valence-electron chi connectivity index (χ1n) is 11.4. The Morgan fingerprint density at radius 2 is 1.81 bits per heavy atom. The second-order valence-corrected chi connectivity index (χ2v) is 9.35. The summed E-state index contributed by atoms with van der Waals surface area (Å²) in [5.41, 5.74) is 3.59. The van der Waals surface area contributed by atoms with E-state index in [2.05, 4.69) is 5.32 Å². The van der Waals surface area contributed by atoms with Crippen molar-refractivity contribution in [3.8, 4) is 0 Å². The van der Waals surface area contributed by atoms with Crippen molar-refractivity contribution < 1.29 is 9.59 Å². The summed E-state index contributed by atoms with van der Waals surface area (Å²) in [6.07, 6.45) is 5.76. The van der Waals surface area contributed by atoms with Gasteiger partial charge in [0.25, 0.3) is 0 Å². The smallest absolute Gasteiger partial charge is 0.248 e. The Kier molecular flexibility index (Phi) is 7.38. The van der Waals surface area contributed by atoms with E-state index in [1.54, 1.807) is 16.2 Å². The molecule has 4 rings (SSSR count). The number of amides is 2. The Bertz CT molecular complexity index is 1030. The number of anilines is 1. The zero-order valence-electron chi connectivity index (χ0n) is 18.5. The molecule has 0 saturated heterocycles. The van der Waals surface area contributed by atoms with Gasteiger partial charge in [-0.2, -0.15) is 11.3 Å². The SMILES string of the molecule is Cc1cccc(N(C(=O)Cc2ccsc2)C(C(=O)NC2CCCCC2)c2ccccc2)c1. The summed E-state index contributed by atoms with van der Waals surface area (Å²) < 4.78 is 0. The van der Waals surface area contributed by atoms with Crippen molar-refractivity contribution in [3.05, 3.63) is 88.1 Å². The van der Waals surface area contributed by atoms with E-state index in [0.29, 0.717) is 0 Å². The number of rotatable bonds is 7. The van der Waals surface area contributed by atoms with Gasteiger partial charge in [0.15, 0.2) is 0 Å².